The highest BCUT2D eigenvalue weighted by atomic mass is 32.2. The summed E-state index contributed by atoms with van der Waals surface area (Å²) >= 11 is 0. The maximum atomic E-state index is 12.5. The molecule has 31 heavy (non-hydrogen) atoms. The summed E-state index contributed by atoms with van der Waals surface area (Å²) in [5.41, 5.74) is 11.0. The Morgan fingerprint density at radius 3 is 2.29 bits per heavy atom. The van der Waals surface area contributed by atoms with Crippen LogP contribution in [0.15, 0.2) is 64.5 Å². The average molecular weight is 447 g/mol. The molecular weight excluding hydrogens is 420 g/mol. The van der Waals surface area contributed by atoms with Gasteiger partial charge in [-0.25, -0.2) is 13.1 Å². The van der Waals surface area contributed by atoms with Crippen molar-refractivity contribution in [1.29, 1.82) is 0 Å². The van der Waals surface area contributed by atoms with E-state index in [4.69, 9.17) is 16.2 Å². The topological polar surface area (TPSA) is 154 Å². The second-order valence-corrected chi connectivity index (χ2v) is 8.54. The largest absolute Gasteiger partial charge is 0.494 e. The number of amides is 1. The van der Waals surface area contributed by atoms with Gasteiger partial charge in [-0.1, -0.05) is 30.3 Å². The van der Waals surface area contributed by atoms with Crippen molar-refractivity contribution in [1.82, 2.24) is 4.72 Å². The number of rotatable bonds is 11. The second-order valence-electron chi connectivity index (χ2n) is 6.83. The highest BCUT2D eigenvalue weighted by Gasteiger charge is 2.23. The number of sulfonamides is 1. The molecule has 0 aliphatic rings. The molecule has 0 aliphatic heterocycles. The Morgan fingerprint density at radius 1 is 1.06 bits per heavy atom. The highest BCUT2D eigenvalue weighted by molar-refractivity contribution is 7.89. The van der Waals surface area contributed by atoms with Crippen molar-refractivity contribution >= 4 is 27.7 Å². The monoisotopic (exact) mass is 446 g/mol. The summed E-state index contributed by atoms with van der Waals surface area (Å²) in [6, 6.07) is 13.9. The third-order valence-electron chi connectivity index (χ3n) is 4.26. The van der Waals surface area contributed by atoms with Gasteiger partial charge in [0.15, 0.2) is 5.96 Å². The third kappa shape index (κ3) is 8.19. The zero-order valence-electron chi connectivity index (χ0n) is 17.2. The predicted molar refractivity (Wildman–Crippen MR) is 117 cm³/mol. The molecule has 0 fully saturated rings. The van der Waals surface area contributed by atoms with Crippen LogP contribution in [0.1, 0.15) is 25.3 Å². The Hall–Kier alpha value is -3.24. The first-order valence-electron chi connectivity index (χ1n) is 9.59. The summed E-state index contributed by atoms with van der Waals surface area (Å²) in [6.45, 7) is 1.65. The predicted octanol–water partition coefficient (Wildman–Crippen LogP) is 1.12. The molecule has 0 bridgehead atoms. The number of carbonyl (C=O) groups excluding carboxylic acids is 2. The number of hydrogen-bond acceptors (Lipinski definition) is 5. The lowest BCUT2D eigenvalue weighted by Crippen LogP contribution is -2.41. The van der Waals surface area contributed by atoms with Gasteiger partial charge in [-0.3, -0.25) is 9.59 Å². The molecule has 0 aromatic heterocycles. The van der Waals surface area contributed by atoms with Crippen LogP contribution in [0.25, 0.3) is 0 Å². The maximum Gasteiger partial charge on any atom is 0.248 e. The van der Waals surface area contributed by atoms with E-state index in [-0.39, 0.29) is 29.5 Å². The molecule has 0 saturated heterocycles. The van der Waals surface area contributed by atoms with Gasteiger partial charge in [0.05, 0.1) is 17.5 Å². The number of carbonyl (C=O) groups is 2. The van der Waals surface area contributed by atoms with Crippen molar-refractivity contribution in [2.75, 3.05) is 6.61 Å². The quantitative estimate of drug-likeness (QED) is 0.265. The third-order valence-corrected chi connectivity index (χ3v) is 5.75. The molecule has 0 radical (unpaired) electrons. The van der Waals surface area contributed by atoms with Crippen LogP contribution in [0.4, 0.5) is 0 Å². The molecule has 0 heterocycles. The van der Waals surface area contributed by atoms with E-state index in [0.717, 1.165) is 5.56 Å². The highest BCUT2D eigenvalue weighted by Crippen LogP contribution is 2.16. The number of benzene rings is 2. The van der Waals surface area contributed by atoms with E-state index in [1.807, 2.05) is 0 Å². The lowest BCUT2D eigenvalue weighted by Gasteiger charge is -2.16. The van der Waals surface area contributed by atoms with E-state index in [2.05, 4.69) is 9.71 Å². The molecule has 0 spiro atoms. The molecule has 10 heteroatoms. The maximum absolute atomic E-state index is 12.5. The molecule has 1 atom stereocenters. The van der Waals surface area contributed by atoms with Crippen molar-refractivity contribution < 1.29 is 22.7 Å². The number of Topliss-reactive ketones (excluding diaryl/α,β-unsaturated/α-hetero) is 1. The summed E-state index contributed by atoms with van der Waals surface area (Å²) in [5, 5.41) is 0. The van der Waals surface area contributed by atoms with Gasteiger partial charge < -0.3 is 16.2 Å². The smallest absolute Gasteiger partial charge is 0.248 e. The van der Waals surface area contributed by atoms with E-state index in [1.54, 1.807) is 42.5 Å². The molecule has 2 rings (SSSR count). The van der Waals surface area contributed by atoms with Crippen molar-refractivity contribution in [3.8, 4) is 5.75 Å². The van der Waals surface area contributed by atoms with Crippen molar-refractivity contribution in [3.63, 3.8) is 0 Å². The molecule has 0 aliphatic carbocycles. The Balaban J connectivity index is 1.91. The van der Waals surface area contributed by atoms with Gasteiger partial charge in [0.2, 0.25) is 15.9 Å². The molecular formula is C21H26N4O5S. The normalized spacial score (nSPS) is 12.0. The Morgan fingerprint density at radius 2 is 1.71 bits per heavy atom. The van der Waals surface area contributed by atoms with Gasteiger partial charge in [-0.2, -0.15) is 4.99 Å². The van der Waals surface area contributed by atoms with E-state index in [0.29, 0.717) is 18.8 Å². The van der Waals surface area contributed by atoms with Gasteiger partial charge in [-0.05, 0) is 49.6 Å². The minimum Gasteiger partial charge on any atom is -0.494 e. The van der Waals surface area contributed by atoms with Crippen LogP contribution in [-0.4, -0.2) is 38.7 Å². The summed E-state index contributed by atoms with van der Waals surface area (Å²) in [5.74, 6) is -0.379. The zero-order valence-corrected chi connectivity index (χ0v) is 18.0. The van der Waals surface area contributed by atoms with Gasteiger partial charge in [-0.15, -0.1) is 0 Å². The standard InChI is InChI=1S/C21H26N4O5S/c1-15(26)19(25-31(28,29)18-6-3-2-4-7-18)14-16-9-11-17(12-10-16)30-13-5-8-20(27)24-21(22)23/h2-4,6-7,9-12,19,25H,5,8,13-14H2,1H3,(H4,22,23,24,27)/t19-/m0/s1. The van der Waals surface area contributed by atoms with Crippen LogP contribution in [-0.2, 0) is 26.0 Å². The number of guanidine groups is 1. The number of nitrogens with one attached hydrogen (secondary N) is 1. The fraction of sp³-hybridized carbons (Fsp3) is 0.286. The molecule has 2 aromatic rings. The van der Waals surface area contributed by atoms with E-state index in [9.17, 15) is 18.0 Å². The average Bonchev–Trinajstić information content (AvgIpc) is 2.72. The van der Waals surface area contributed by atoms with Gasteiger partial charge in [0, 0.05) is 6.42 Å². The van der Waals surface area contributed by atoms with Gasteiger partial charge >= 0.3 is 0 Å². The fourth-order valence-corrected chi connectivity index (χ4v) is 3.97. The summed E-state index contributed by atoms with van der Waals surface area (Å²) in [4.78, 5) is 26.9. The molecule has 2 aromatic carbocycles. The first-order chi connectivity index (χ1) is 14.7. The van der Waals surface area contributed by atoms with Crippen LogP contribution < -0.4 is 20.9 Å². The zero-order chi connectivity index (χ0) is 22.9. The van der Waals surface area contributed by atoms with Crippen LogP contribution in [0, 0.1) is 0 Å². The second kappa shape index (κ2) is 11.2. The van der Waals surface area contributed by atoms with Crippen LogP contribution in [0.2, 0.25) is 0 Å². The van der Waals surface area contributed by atoms with Crippen LogP contribution >= 0.6 is 0 Å². The fourth-order valence-electron chi connectivity index (χ4n) is 2.69. The Bertz CT molecular complexity index is 1020. The molecule has 166 valence electrons. The number of hydrogen-bond donors (Lipinski definition) is 3. The number of nitrogens with two attached hydrogens (primary N) is 2. The molecule has 5 N–H and O–H groups in total. The van der Waals surface area contributed by atoms with E-state index >= 15 is 0 Å². The van der Waals surface area contributed by atoms with E-state index < -0.39 is 22.0 Å². The van der Waals surface area contributed by atoms with Gasteiger partial charge in [0.1, 0.15) is 11.5 Å². The number of aliphatic imine (C=N–C) groups is 1. The first-order valence-corrected chi connectivity index (χ1v) is 11.1. The van der Waals surface area contributed by atoms with Crippen molar-refractivity contribution in [2.24, 2.45) is 16.5 Å². The minimum atomic E-state index is -3.81. The molecule has 0 unspecified atom stereocenters. The van der Waals surface area contributed by atoms with E-state index in [1.165, 1.54) is 19.1 Å². The molecule has 0 saturated carbocycles. The number of ketones is 1. The summed E-state index contributed by atoms with van der Waals surface area (Å²) in [7, 11) is -3.81. The SMILES string of the molecule is CC(=O)[C@H](Cc1ccc(OCCCC(=O)N=C(N)N)cc1)NS(=O)(=O)c1ccccc1. The van der Waals surface area contributed by atoms with Crippen molar-refractivity contribution in [3.05, 3.63) is 60.2 Å². The minimum absolute atomic E-state index is 0.100. The molecule has 1 amide bonds. The summed E-state index contributed by atoms with van der Waals surface area (Å²) in [6.07, 6.45) is 0.817. The van der Waals surface area contributed by atoms with Crippen LogP contribution in [0.3, 0.4) is 0 Å². The Kier molecular flexibility index (Phi) is 8.71. The van der Waals surface area contributed by atoms with Crippen LogP contribution in [0.5, 0.6) is 5.75 Å². The molecule has 9 nitrogen and oxygen atoms in total. The first kappa shape index (κ1) is 24.0. The lowest BCUT2D eigenvalue weighted by molar-refractivity contribution is -0.119. The number of nitrogens with zero attached hydrogens (tertiary/aromatic N) is 1. The number of ether oxygens (including phenoxy) is 1. The van der Waals surface area contributed by atoms with Gasteiger partial charge in [0.25, 0.3) is 0 Å². The van der Waals surface area contributed by atoms with Crippen molar-refractivity contribution in [2.45, 2.75) is 37.1 Å². The summed E-state index contributed by atoms with van der Waals surface area (Å²) < 4.78 is 33.1. The Labute approximate surface area is 181 Å². The lowest BCUT2D eigenvalue weighted by atomic mass is 10.0.